The molecule has 0 bridgehead atoms. The zero-order valence-corrected chi connectivity index (χ0v) is 13.8. The number of carbonyl (C=O) groups is 1. The third-order valence-corrected chi connectivity index (χ3v) is 4.56. The quantitative estimate of drug-likeness (QED) is 0.791. The lowest BCUT2D eigenvalue weighted by Crippen LogP contribution is -2.58. The van der Waals surface area contributed by atoms with Crippen LogP contribution in [0.15, 0.2) is 22.1 Å². The van der Waals surface area contributed by atoms with E-state index in [0.29, 0.717) is 12.8 Å². The van der Waals surface area contributed by atoms with Gasteiger partial charge in [0.25, 0.3) is 0 Å². The first-order valence-corrected chi connectivity index (χ1v) is 7.95. The van der Waals surface area contributed by atoms with E-state index in [4.69, 9.17) is 11.5 Å². The molecule has 1 aliphatic heterocycles. The van der Waals surface area contributed by atoms with Gasteiger partial charge in [0, 0.05) is 0 Å². The van der Waals surface area contributed by atoms with Crippen LogP contribution in [0.3, 0.4) is 0 Å². The van der Waals surface area contributed by atoms with Gasteiger partial charge in [0.05, 0.1) is 18.4 Å². The van der Waals surface area contributed by atoms with Crippen molar-refractivity contribution < 1.29 is 18.3 Å². The Morgan fingerprint density at radius 1 is 1.20 bits per heavy atom. The maximum Gasteiger partial charge on any atom is 0.340 e. The number of hydrogen-bond donors (Lipinski definition) is 2. The van der Waals surface area contributed by atoms with Crippen LogP contribution < -0.4 is 16.4 Å². The highest BCUT2D eigenvalue weighted by Gasteiger charge is 2.44. The number of esters is 1. The van der Waals surface area contributed by atoms with Gasteiger partial charge in [-0.05, 0) is 37.8 Å². The Labute approximate surface area is 143 Å². The fourth-order valence-corrected chi connectivity index (χ4v) is 3.45. The SMILES string of the molecule is COC(=O)c1ccc(N2C(N)=NC(N)=NC23CCCCC3)c(F)c1F. The normalized spacial score (nSPS) is 19.4. The van der Waals surface area contributed by atoms with Crippen LogP contribution in [-0.4, -0.2) is 30.7 Å². The Morgan fingerprint density at radius 2 is 1.88 bits per heavy atom. The summed E-state index contributed by atoms with van der Waals surface area (Å²) in [5.74, 6) is -3.51. The summed E-state index contributed by atoms with van der Waals surface area (Å²) in [6.07, 6.45) is 3.89. The third kappa shape index (κ3) is 2.79. The molecule has 25 heavy (non-hydrogen) atoms. The van der Waals surface area contributed by atoms with Gasteiger partial charge in [0.1, 0.15) is 5.66 Å². The Hall–Kier alpha value is -2.71. The summed E-state index contributed by atoms with van der Waals surface area (Å²) < 4.78 is 33.6. The van der Waals surface area contributed by atoms with E-state index in [-0.39, 0.29) is 17.6 Å². The van der Waals surface area contributed by atoms with Crippen molar-refractivity contribution >= 4 is 23.6 Å². The number of anilines is 1. The number of aliphatic imine (C=N–C) groups is 2. The fraction of sp³-hybridized carbons (Fsp3) is 0.438. The zero-order valence-electron chi connectivity index (χ0n) is 13.8. The van der Waals surface area contributed by atoms with E-state index in [0.717, 1.165) is 32.4 Å². The van der Waals surface area contributed by atoms with Crippen LogP contribution in [0.2, 0.25) is 0 Å². The Bertz CT molecular complexity index is 772. The number of hydrogen-bond acceptors (Lipinski definition) is 7. The summed E-state index contributed by atoms with van der Waals surface area (Å²) in [5.41, 5.74) is 10.2. The van der Waals surface area contributed by atoms with Gasteiger partial charge in [-0.3, -0.25) is 4.90 Å². The largest absolute Gasteiger partial charge is 0.465 e. The summed E-state index contributed by atoms with van der Waals surface area (Å²) in [7, 11) is 1.09. The molecular formula is C16H19F2N5O2. The summed E-state index contributed by atoms with van der Waals surface area (Å²) in [5, 5.41) is 0. The number of nitrogens with zero attached hydrogens (tertiary/aromatic N) is 3. The molecule has 0 amide bonds. The second-order valence-corrected chi connectivity index (χ2v) is 6.07. The first-order chi connectivity index (χ1) is 11.9. The van der Waals surface area contributed by atoms with Gasteiger partial charge in [0.2, 0.25) is 11.9 Å². The molecular weight excluding hydrogens is 332 g/mol. The molecule has 0 aromatic heterocycles. The predicted molar refractivity (Wildman–Crippen MR) is 89.2 cm³/mol. The average Bonchev–Trinajstić information content (AvgIpc) is 2.58. The van der Waals surface area contributed by atoms with E-state index in [2.05, 4.69) is 14.7 Å². The molecule has 4 N–H and O–H groups in total. The third-order valence-electron chi connectivity index (χ3n) is 4.56. The number of benzene rings is 1. The minimum Gasteiger partial charge on any atom is -0.465 e. The van der Waals surface area contributed by atoms with Crippen LogP contribution in [0.25, 0.3) is 0 Å². The van der Waals surface area contributed by atoms with Gasteiger partial charge in [-0.2, -0.15) is 4.99 Å². The molecule has 1 aromatic rings. The molecule has 9 heteroatoms. The van der Waals surface area contributed by atoms with Gasteiger partial charge in [-0.1, -0.05) is 6.42 Å². The second-order valence-electron chi connectivity index (χ2n) is 6.07. The molecule has 1 aliphatic carbocycles. The Morgan fingerprint density at radius 3 is 2.52 bits per heavy atom. The molecule has 7 nitrogen and oxygen atoms in total. The van der Waals surface area contributed by atoms with E-state index < -0.39 is 28.8 Å². The maximum atomic E-state index is 14.7. The number of halogens is 2. The average molecular weight is 351 g/mol. The first-order valence-electron chi connectivity index (χ1n) is 7.95. The number of methoxy groups -OCH3 is 1. The van der Waals surface area contributed by atoms with E-state index in [9.17, 15) is 13.6 Å². The van der Waals surface area contributed by atoms with Crippen LogP contribution in [0.4, 0.5) is 14.5 Å². The minimum atomic E-state index is -1.30. The van der Waals surface area contributed by atoms with E-state index >= 15 is 0 Å². The second kappa shape index (κ2) is 6.30. The lowest BCUT2D eigenvalue weighted by Gasteiger charge is -2.45. The van der Waals surface area contributed by atoms with Crippen molar-refractivity contribution in [3.05, 3.63) is 29.3 Å². The molecule has 0 atom stereocenters. The minimum absolute atomic E-state index is 0.0164. The number of ether oxygens (including phenoxy) is 1. The van der Waals surface area contributed by atoms with Crippen molar-refractivity contribution in [1.82, 2.24) is 0 Å². The molecule has 1 spiro atoms. The van der Waals surface area contributed by atoms with Crippen molar-refractivity contribution in [2.45, 2.75) is 37.8 Å². The molecule has 0 unspecified atom stereocenters. The topological polar surface area (TPSA) is 106 Å². The number of carbonyl (C=O) groups excluding carboxylic acids is 1. The molecule has 1 heterocycles. The molecule has 1 aromatic carbocycles. The molecule has 3 rings (SSSR count). The summed E-state index contributed by atoms with van der Waals surface area (Å²) in [6, 6.07) is 2.44. The van der Waals surface area contributed by atoms with Crippen LogP contribution >= 0.6 is 0 Å². The molecule has 0 radical (unpaired) electrons. The summed E-state index contributed by atoms with van der Waals surface area (Å²) in [4.78, 5) is 21.2. The number of nitrogens with two attached hydrogens (primary N) is 2. The lowest BCUT2D eigenvalue weighted by atomic mass is 9.87. The fourth-order valence-electron chi connectivity index (χ4n) is 3.45. The highest BCUT2D eigenvalue weighted by molar-refractivity contribution is 6.06. The molecule has 2 aliphatic rings. The maximum absolute atomic E-state index is 14.7. The Kier molecular flexibility index (Phi) is 4.32. The van der Waals surface area contributed by atoms with Crippen molar-refractivity contribution in [2.24, 2.45) is 21.5 Å². The van der Waals surface area contributed by atoms with Crippen LogP contribution in [0, 0.1) is 11.6 Å². The summed E-state index contributed by atoms with van der Waals surface area (Å²) >= 11 is 0. The van der Waals surface area contributed by atoms with Crippen LogP contribution in [-0.2, 0) is 4.74 Å². The highest BCUT2D eigenvalue weighted by Crippen LogP contribution is 2.40. The smallest absolute Gasteiger partial charge is 0.340 e. The number of guanidine groups is 2. The highest BCUT2D eigenvalue weighted by atomic mass is 19.2. The van der Waals surface area contributed by atoms with Gasteiger partial charge < -0.3 is 16.2 Å². The van der Waals surface area contributed by atoms with Crippen LogP contribution in [0.5, 0.6) is 0 Å². The van der Waals surface area contributed by atoms with Crippen molar-refractivity contribution in [1.29, 1.82) is 0 Å². The lowest BCUT2D eigenvalue weighted by molar-refractivity contribution is 0.0594. The molecule has 0 saturated heterocycles. The monoisotopic (exact) mass is 351 g/mol. The number of rotatable bonds is 2. The van der Waals surface area contributed by atoms with E-state index in [1.807, 2.05) is 0 Å². The first kappa shape index (κ1) is 17.1. The standard InChI is InChI=1S/C16H19F2N5O2/c1-25-13(24)9-5-6-10(12(18)11(9)17)23-15(20)21-14(19)22-16(23)7-3-2-4-8-16/h5-6H,2-4,7-8H2,1H3,(H4,19,20,21,22). The van der Waals surface area contributed by atoms with Crippen molar-refractivity contribution in [2.75, 3.05) is 12.0 Å². The molecule has 1 fully saturated rings. The van der Waals surface area contributed by atoms with Gasteiger partial charge >= 0.3 is 5.97 Å². The van der Waals surface area contributed by atoms with E-state index in [1.54, 1.807) is 0 Å². The molecule has 134 valence electrons. The summed E-state index contributed by atoms with van der Waals surface area (Å²) in [6.45, 7) is 0. The predicted octanol–water partition coefficient (Wildman–Crippen LogP) is 1.86. The Balaban J connectivity index is 2.12. The zero-order chi connectivity index (χ0) is 18.2. The molecule has 1 saturated carbocycles. The van der Waals surface area contributed by atoms with Gasteiger partial charge in [-0.25, -0.2) is 18.6 Å². The van der Waals surface area contributed by atoms with Gasteiger partial charge in [-0.15, -0.1) is 0 Å². The van der Waals surface area contributed by atoms with E-state index in [1.165, 1.54) is 11.0 Å². The van der Waals surface area contributed by atoms with Gasteiger partial charge in [0.15, 0.2) is 11.6 Å². The van der Waals surface area contributed by atoms with Crippen LogP contribution in [0.1, 0.15) is 42.5 Å². The van der Waals surface area contributed by atoms with Crippen molar-refractivity contribution in [3.63, 3.8) is 0 Å². The van der Waals surface area contributed by atoms with Crippen molar-refractivity contribution in [3.8, 4) is 0 Å².